The molecule has 0 unspecified atom stereocenters. The molecule has 644 valence electrons. The van der Waals surface area contributed by atoms with E-state index in [1.165, 1.54) is 27.7 Å². The van der Waals surface area contributed by atoms with Crippen molar-refractivity contribution >= 4 is 118 Å². The minimum atomic E-state index is -1.90. The van der Waals surface area contributed by atoms with Gasteiger partial charge in [-0.2, -0.15) is 0 Å². The van der Waals surface area contributed by atoms with Crippen LogP contribution >= 0.6 is 0 Å². The van der Waals surface area contributed by atoms with Gasteiger partial charge in [0.15, 0.2) is 5.96 Å². The predicted octanol–water partition coefficient (Wildman–Crippen LogP) is -8.65. The van der Waals surface area contributed by atoms with Crippen molar-refractivity contribution in [3.63, 3.8) is 0 Å². The number of guanidine groups is 1. The Morgan fingerprint density at radius 3 is 1.31 bits per heavy atom. The Balaban J connectivity index is 3.26. The molecule has 0 bridgehead atoms. The van der Waals surface area contributed by atoms with E-state index in [-0.39, 0.29) is 81.7 Å². The molecule has 0 spiro atoms. The van der Waals surface area contributed by atoms with Gasteiger partial charge in [0.1, 0.15) is 78.5 Å². The highest BCUT2D eigenvalue weighted by Gasteiger charge is 2.42. The number of likely N-dealkylation sites (tertiary alicyclic amines) is 1. The van der Waals surface area contributed by atoms with E-state index in [1.807, 2.05) is 5.32 Å². The van der Waals surface area contributed by atoms with Crippen molar-refractivity contribution in [2.24, 2.45) is 41.1 Å². The van der Waals surface area contributed by atoms with Crippen LogP contribution in [-0.2, 0) is 91.1 Å². The van der Waals surface area contributed by atoms with Crippen LogP contribution in [0.25, 0.3) is 0 Å². The van der Waals surface area contributed by atoms with E-state index in [0.717, 1.165) is 11.8 Å². The van der Waals surface area contributed by atoms with Crippen molar-refractivity contribution in [2.75, 3.05) is 45.9 Å². The molecule has 1 heterocycles. The molecular formula is C69H117N19O26. The Bertz CT molecular complexity index is 3380. The third-order valence-electron chi connectivity index (χ3n) is 17.2. The summed E-state index contributed by atoms with van der Waals surface area (Å²) in [6, 6.07) is -20.3. The number of nitrogens with two attached hydrogens (primary N) is 2. The number of amides is 15. The van der Waals surface area contributed by atoms with Gasteiger partial charge in [-0.3, -0.25) is 91.7 Å². The van der Waals surface area contributed by atoms with E-state index in [0.29, 0.717) is 0 Å². The van der Waals surface area contributed by atoms with Gasteiger partial charge in [0.05, 0.1) is 45.4 Å². The molecule has 1 aliphatic heterocycles. The number of nitrogens with zero attached hydrogens (tertiary/aromatic N) is 1. The van der Waals surface area contributed by atoms with Crippen LogP contribution in [0.3, 0.4) is 0 Å². The van der Waals surface area contributed by atoms with Gasteiger partial charge in [0.2, 0.25) is 88.6 Å². The van der Waals surface area contributed by atoms with Gasteiger partial charge in [-0.1, -0.05) is 69.2 Å². The number of carbonyl (C=O) groups is 19. The quantitative estimate of drug-likeness (QED) is 0.0153. The van der Waals surface area contributed by atoms with E-state index >= 15 is 0 Å². The molecule has 15 amide bonds. The van der Waals surface area contributed by atoms with Crippen LogP contribution in [0.4, 0.5) is 0 Å². The molecular weight excluding hydrogens is 1510 g/mol. The number of hydrogen-bond donors (Lipinski definition) is 25. The summed E-state index contributed by atoms with van der Waals surface area (Å²) in [6.07, 6.45) is -4.93. The molecule has 0 aromatic rings. The fourth-order valence-electron chi connectivity index (χ4n) is 11.3. The Morgan fingerprint density at radius 2 is 0.825 bits per heavy atom. The molecule has 1 fully saturated rings. The van der Waals surface area contributed by atoms with Crippen LogP contribution in [0.2, 0.25) is 0 Å². The minimum Gasteiger partial charge on any atom is -0.481 e. The molecule has 1 rings (SSSR count). The standard InChI is InChI=1S/C69H117N19O26/c1-31(2)22-41(81-58(103)38(14-12-20-73-69(71)72)79-56(101)37(70)29-89)57(102)75-28-49(94)78-43(25-52(99)100)60(105)82-42(23-32(3)4)61(106)85-54(35(9)10)65(110)87-55(36(11)91)66(111)86-53(34(7)8)64(109)84-45(30-90)62(107)83-44(24-33(5)6)67(112)88-21-13-15-46(88)63(108)76-26-47(92)74-27-48(93)77-39(16-18-50(95)96)59(104)80-40(68(113)114)17-19-51(97)98/h31-46,53-55,89-91H,12-30,70H2,1-11H3,(H,74,92)(H,75,102)(H,76,108)(H,77,93)(H,78,94)(H,79,101)(H,80,104)(H,81,103)(H,82,105)(H,83,107)(H,84,109)(H,85,106)(H,86,111)(H,87,110)(H,95,96)(H,97,98)(H,99,100)(H,113,114)(H4,71,72,73)/t36-,37+,38+,39+,40+,41+,42+,43+,44+,45+,46+,53+,54+,55+/m1/s1. The van der Waals surface area contributed by atoms with Crippen LogP contribution in [-0.4, -0.2) is 290 Å². The lowest BCUT2D eigenvalue weighted by Gasteiger charge is -2.31. The monoisotopic (exact) mass is 1630 g/mol. The maximum Gasteiger partial charge on any atom is 0.326 e. The van der Waals surface area contributed by atoms with Crippen LogP contribution < -0.4 is 91.2 Å². The lowest BCUT2D eigenvalue weighted by Crippen LogP contribution is -2.63. The van der Waals surface area contributed by atoms with Crippen molar-refractivity contribution < 1.29 is 127 Å². The largest absolute Gasteiger partial charge is 0.481 e. The number of carboxylic acids is 4. The van der Waals surface area contributed by atoms with E-state index in [2.05, 4.69) is 74.4 Å². The summed E-state index contributed by atoms with van der Waals surface area (Å²) in [4.78, 5) is 251. The second-order valence-electron chi connectivity index (χ2n) is 29.3. The zero-order valence-electron chi connectivity index (χ0n) is 65.9. The van der Waals surface area contributed by atoms with Gasteiger partial charge in [0, 0.05) is 25.9 Å². The molecule has 27 N–H and O–H groups in total. The molecule has 0 aromatic carbocycles. The van der Waals surface area contributed by atoms with Crippen molar-refractivity contribution in [1.29, 1.82) is 5.41 Å². The molecule has 0 radical (unpaired) electrons. The molecule has 0 aromatic heterocycles. The summed E-state index contributed by atoms with van der Waals surface area (Å²) in [7, 11) is 0. The Kier molecular flexibility index (Phi) is 45.1. The summed E-state index contributed by atoms with van der Waals surface area (Å²) >= 11 is 0. The van der Waals surface area contributed by atoms with Crippen molar-refractivity contribution in [3.05, 3.63) is 0 Å². The lowest BCUT2D eigenvalue weighted by atomic mass is 9.98. The summed E-state index contributed by atoms with van der Waals surface area (Å²) in [6.45, 7) is 13.0. The first-order valence-electron chi connectivity index (χ1n) is 37.2. The van der Waals surface area contributed by atoms with Gasteiger partial charge in [-0.25, -0.2) is 4.79 Å². The molecule has 14 atom stereocenters. The van der Waals surface area contributed by atoms with Crippen molar-refractivity contribution in [3.8, 4) is 0 Å². The summed E-state index contributed by atoms with van der Waals surface area (Å²) in [5.41, 5.74) is 11.0. The van der Waals surface area contributed by atoms with Crippen molar-refractivity contribution in [1.82, 2.24) is 84.7 Å². The Morgan fingerprint density at radius 1 is 0.421 bits per heavy atom. The number of nitrogens with one attached hydrogen (secondary N) is 16. The number of carbonyl (C=O) groups excluding carboxylic acids is 15. The highest BCUT2D eigenvalue weighted by atomic mass is 16.4. The molecule has 0 saturated carbocycles. The van der Waals surface area contributed by atoms with Gasteiger partial charge in [-0.05, 0) is 94.3 Å². The molecule has 1 aliphatic rings. The number of rotatable bonds is 53. The SMILES string of the molecule is CC(C)C[C@H](NC(=O)[C@H](CCCNC(=N)N)NC(=O)[C@@H](N)CO)C(=O)NCC(=O)N[C@@H](CC(=O)O)C(=O)N[C@@H](CC(C)C)C(=O)N[C@H](C(=O)N[C@H](C(=O)N[C@H](C(=O)N[C@@H](CO)C(=O)N[C@@H](CC(C)C)C(=O)N1CCC[C@H]1C(=O)NCC(=O)NCC(=O)N[C@@H](CCC(=O)O)C(=O)N[C@@H](CCC(=O)O)C(=O)O)C(C)C)[C@@H](C)O)C(C)C. The number of aliphatic hydroxyl groups is 3. The zero-order valence-corrected chi connectivity index (χ0v) is 65.9. The van der Waals surface area contributed by atoms with Crippen molar-refractivity contribution in [2.45, 2.75) is 238 Å². The first kappa shape index (κ1) is 101. The second kappa shape index (κ2) is 50.9. The maximum absolute atomic E-state index is 14.3. The van der Waals surface area contributed by atoms with Gasteiger partial charge in [0.25, 0.3) is 0 Å². The van der Waals surface area contributed by atoms with E-state index in [1.54, 1.807) is 41.5 Å². The van der Waals surface area contributed by atoms with Crippen LogP contribution in [0.5, 0.6) is 0 Å². The smallest absolute Gasteiger partial charge is 0.326 e. The Hall–Kier alpha value is -11.0. The molecule has 114 heavy (non-hydrogen) atoms. The highest BCUT2D eigenvalue weighted by Crippen LogP contribution is 2.21. The lowest BCUT2D eigenvalue weighted by molar-refractivity contribution is -0.144. The predicted molar refractivity (Wildman–Crippen MR) is 400 cm³/mol. The average molecular weight is 1630 g/mol. The van der Waals surface area contributed by atoms with Gasteiger partial charge < -0.3 is 132 Å². The van der Waals surface area contributed by atoms with Gasteiger partial charge >= 0.3 is 23.9 Å². The third-order valence-corrected chi connectivity index (χ3v) is 17.2. The first-order valence-corrected chi connectivity index (χ1v) is 37.2. The average Bonchev–Trinajstić information content (AvgIpc) is 1.79. The Labute approximate surface area is 658 Å². The van der Waals surface area contributed by atoms with E-state index < -0.39 is 274 Å². The summed E-state index contributed by atoms with van der Waals surface area (Å²) in [5, 5.41) is 111. The van der Waals surface area contributed by atoms with Crippen LogP contribution in [0.15, 0.2) is 0 Å². The summed E-state index contributed by atoms with van der Waals surface area (Å²) in [5.74, 6) is -24.1. The second-order valence-corrected chi connectivity index (χ2v) is 29.3. The van der Waals surface area contributed by atoms with E-state index in [9.17, 15) is 117 Å². The topological polar surface area (TPSA) is 726 Å². The number of carboxylic acid groups (broad SMARTS) is 4. The minimum absolute atomic E-state index is 0.00843. The third kappa shape index (κ3) is 38.0. The zero-order chi connectivity index (χ0) is 87.1. The fraction of sp³-hybridized carbons (Fsp3) is 0.710. The van der Waals surface area contributed by atoms with E-state index in [4.69, 9.17) is 27.1 Å². The normalized spacial score (nSPS) is 16.0. The molecule has 0 aliphatic carbocycles. The molecule has 45 nitrogen and oxygen atoms in total. The molecule has 1 saturated heterocycles. The number of hydrogen-bond acceptors (Lipinski definition) is 24. The van der Waals surface area contributed by atoms with Crippen LogP contribution in [0.1, 0.15) is 153 Å². The number of aliphatic carboxylic acids is 4. The highest BCUT2D eigenvalue weighted by molar-refractivity contribution is 6.01. The number of aliphatic hydroxyl groups excluding tert-OH is 3. The van der Waals surface area contributed by atoms with Gasteiger partial charge in [-0.15, -0.1) is 0 Å². The molecule has 45 heteroatoms. The summed E-state index contributed by atoms with van der Waals surface area (Å²) < 4.78 is 0. The van der Waals surface area contributed by atoms with Crippen LogP contribution in [0, 0.1) is 35.0 Å². The fourth-order valence-corrected chi connectivity index (χ4v) is 11.3. The maximum atomic E-state index is 14.3. The first-order chi connectivity index (χ1) is 53.1.